The Morgan fingerprint density at radius 3 is 1.77 bits per heavy atom. The number of ether oxygens (including phenoxy) is 3. The van der Waals surface area contributed by atoms with Crippen LogP contribution in [0, 0.1) is 0 Å². The molecule has 1 N–H and O–H groups in total. The normalized spacial score (nSPS) is 33.7. The third-order valence-corrected chi connectivity index (χ3v) is 3.27. The maximum absolute atomic E-state index is 14.2. The molecule has 0 aromatic heterocycles. The van der Waals surface area contributed by atoms with E-state index in [4.69, 9.17) is 9.47 Å². The van der Waals surface area contributed by atoms with Crippen LogP contribution in [0.4, 0.5) is 8.78 Å². The van der Waals surface area contributed by atoms with Gasteiger partial charge in [-0.2, -0.15) is 0 Å². The monoisotopic (exact) mass is 324 g/mol. The summed E-state index contributed by atoms with van der Waals surface area (Å²) in [5, 5.41) is 10.4. The zero-order chi connectivity index (χ0) is 17.3. The highest BCUT2D eigenvalue weighted by atomic mass is 19.3. The van der Waals surface area contributed by atoms with Gasteiger partial charge in [-0.05, 0) is 6.92 Å². The highest BCUT2D eigenvalue weighted by Gasteiger charge is 2.64. The predicted molar refractivity (Wildman–Crippen MR) is 66.8 cm³/mol. The molecule has 0 spiro atoms. The number of aliphatic hydroxyl groups is 1. The molecule has 9 heteroatoms. The molecule has 22 heavy (non-hydrogen) atoms. The van der Waals surface area contributed by atoms with Gasteiger partial charge >= 0.3 is 17.9 Å². The van der Waals surface area contributed by atoms with Crippen LogP contribution in [0.1, 0.15) is 34.1 Å². The predicted octanol–water partition coefficient (Wildman–Crippen LogP) is 0.571. The molecular formula is C13H18F2O7. The van der Waals surface area contributed by atoms with Gasteiger partial charge in [0.1, 0.15) is 11.7 Å². The summed E-state index contributed by atoms with van der Waals surface area (Å²) in [6.45, 7) is 3.93. The molecule has 0 heterocycles. The number of alkyl halides is 2. The first kappa shape index (κ1) is 18.3. The minimum atomic E-state index is -3.66. The molecule has 1 aliphatic carbocycles. The van der Waals surface area contributed by atoms with E-state index in [0.717, 1.165) is 27.7 Å². The second-order valence-electron chi connectivity index (χ2n) is 5.35. The van der Waals surface area contributed by atoms with Gasteiger partial charge in [0.15, 0.2) is 6.10 Å². The summed E-state index contributed by atoms with van der Waals surface area (Å²) >= 11 is 0. The molecule has 1 fully saturated rings. The van der Waals surface area contributed by atoms with Gasteiger partial charge in [0, 0.05) is 20.8 Å². The molecule has 1 aliphatic rings. The van der Waals surface area contributed by atoms with E-state index >= 15 is 0 Å². The van der Waals surface area contributed by atoms with E-state index in [1.54, 1.807) is 0 Å². The van der Waals surface area contributed by atoms with E-state index in [1.165, 1.54) is 0 Å². The highest BCUT2D eigenvalue weighted by molar-refractivity contribution is 5.68. The fourth-order valence-corrected chi connectivity index (χ4v) is 2.33. The maximum atomic E-state index is 14.2. The molecule has 7 nitrogen and oxygen atoms in total. The van der Waals surface area contributed by atoms with Gasteiger partial charge in [0.2, 0.25) is 6.10 Å². The Morgan fingerprint density at radius 2 is 1.36 bits per heavy atom. The van der Waals surface area contributed by atoms with Gasteiger partial charge in [-0.15, -0.1) is 0 Å². The van der Waals surface area contributed by atoms with Crippen molar-refractivity contribution in [3.63, 3.8) is 0 Å². The van der Waals surface area contributed by atoms with Gasteiger partial charge in [-0.3, -0.25) is 14.4 Å². The van der Waals surface area contributed by atoms with Crippen LogP contribution in [0.25, 0.3) is 0 Å². The second-order valence-corrected chi connectivity index (χ2v) is 5.35. The molecule has 0 saturated heterocycles. The largest absolute Gasteiger partial charge is 0.459 e. The van der Waals surface area contributed by atoms with E-state index in [-0.39, 0.29) is 0 Å². The van der Waals surface area contributed by atoms with Crippen molar-refractivity contribution >= 4 is 17.9 Å². The number of carbonyl (C=O) groups is 3. The Hall–Kier alpha value is -1.77. The molecule has 0 bridgehead atoms. The summed E-state index contributed by atoms with van der Waals surface area (Å²) in [4.78, 5) is 33.2. The zero-order valence-electron chi connectivity index (χ0n) is 12.6. The van der Waals surface area contributed by atoms with E-state index in [9.17, 15) is 28.3 Å². The molecule has 0 unspecified atom stereocenters. The van der Waals surface area contributed by atoms with Crippen LogP contribution in [0.2, 0.25) is 0 Å². The highest BCUT2D eigenvalue weighted by Crippen LogP contribution is 2.43. The Kier molecular flexibility index (Phi) is 5.11. The first-order valence-electron chi connectivity index (χ1n) is 6.49. The van der Waals surface area contributed by atoms with E-state index in [0.29, 0.717) is 0 Å². The molecule has 4 atom stereocenters. The van der Waals surface area contributed by atoms with E-state index in [2.05, 4.69) is 4.74 Å². The smallest absolute Gasteiger partial charge is 0.303 e. The zero-order valence-corrected chi connectivity index (χ0v) is 12.6. The molecule has 0 aromatic carbocycles. The lowest BCUT2D eigenvalue weighted by Gasteiger charge is -2.48. The van der Waals surface area contributed by atoms with Crippen LogP contribution in [0.15, 0.2) is 0 Å². The molecule has 0 aliphatic heterocycles. The fraction of sp³-hybridized carbons (Fsp3) is 0.769. The summed E-state index contributed by atoms with van der Waals surface area (Å²) in [6.07, 6.45) is -6.77. The van der Waals surface area contributed by atoms with Crippen molar-refractivity contribution in [2.45, 2.75) is 64.0 Å². The molecule has 126 valence electrons. The van der Waals surface area contributed by atoms with Crippen molar-refractivity contribution in [1.29, 1.82) is 0 Å². The van der Waals surface area contributed by atoms with Crippen molar-refractivity contribution in [3.05, 3.63) is 0 Å². The first-order chi connectivity index (χ1) is 9.87. The summed E-state index contributed by atoms with van der Waals surface area (Å²) in [5.41, 5.74) is -2.15. The number of halogens is 2. The summed E-state index contributed by atoms with van der Waals surface area (Å²) < 4.78 is 42.4. The van der Waals surface area contributed by atoms with Crippen LogP contribution in [-0.2, 0) is 28.6 Å². The van der Waals surface area contributed by atoms with Crippen LogP contribution < -0.4 is 0 Å². The van der Waals surface area contributed by atoms with Crippen LogP contribution in [0.3, 0.4) is 0 Å². The molecule has 1 saturated carbocycles. The summed E-state index contributed by atoms with van der Waals surface area (Å²) in [6, 6.07) is 0. The average Bonchev–Trinajstić information content (AvgIpc) is 2.29. The van der Waals surface area contributed by atoms with Gasteiger partial charge in [0.05, 0.1) is 6.42 Å². The Labute approximate surface area is 125 Å². The molecule has 0 radical (unpaired) electrons. The fourth-order valence-electron chi connectivity index (χ4n) is 2.33. The van der Waals surface area contributed by atoms with Crippen LogP contribution in [-0.4, -0.2) is 52.8 Å². The summed E-state index contributed by atoms with van der Waals surface area (Å²) in [5.74, 6) is -6.52. The van der Waals surface area contributed by atoms with Gasteiger partial charge in [-0.1, -0.05) is 0 Å². The van der Waals surface area contributed by atoms with Crippen molar-refractivity contribution in [1.82, 2.24) is 0 Å². The van der Waals surface area contributed by atoms with Gasteiger partial charge in [-0.25, -0.2) is 8.78 Å². The van der Waals surface area contributed by atoms with Crippen molar-refractivity contribution < 1.29 is 42.5 Å². The lowest BCUT2D eigenvalue weighted by atomic mass is 9.76. The van der Waals surface area contributed by atoms with Crippen molar-refractivity contribution in [2.75, 3.05) is 0 Å². The Bertz CT molecular complexity index is 475. The van der Waals surface area contributed by atoms with E-state index in [1.807, 2.05) is 0 Å². The first-order valence-corrected chi connectivity index (χ1v) is 6.49. The van der Waals surface area contributed by atoms with Crippen LogP contribution in [0.5, 0.6) is 0 Å². The minimum Gasteiger partial charge on any atom is -0.459 e. The minimum absolute atomic E-state index is 0.881. The number of rotatable bonds is 3. The van der Waals surface area contributed by atoms with Gasteiger partial charge in [0.25, 0.3) is 5.92 Å². The Balaban J connectivity index is 3.24. The van der Waals surface area contributed by atoms with Crippen molar-refractivity contribution in [2.24, 2.45) is 0 Å². The standard InChI is InChI=1S/C13H18F2O7/c1-6(16)20-9-5-13(14,15)11(22-8(3)18)10(12(9,4)19)21-7(2)17/h9-11,19H,5H2,1-4H3/t9-,10+,11-,12-/m0/s1. The SMILES string of the molecule is CC(=O)O[C@H]1CC(F)(F)[C@@H](OC(C)=O)[C@@H](OC(C)=O)[C@@]1(C)O. The molecule has 1 rings (SSSR count). The van der Waals surface area contributed by atoms with Gasteiger partial charge < -0.3 is 19.3 Å². The third kappa shape index (κ3) is 3.90. The number of hydrogen-bond acceptors (Lipinski definition) is 7. The van der Waals surface area contributed by atoms with Crippen molar-refractivity contribution in [3.8, 4) is 0 Å². The lowest BCUT2D eigenvalue weighted by Crippen LogP contribution is -2.68. The topological polar surface area (TPSA) is 99.1 Å². The Morgan fingerprint density at radius 1 is 0.955 bits per heavy atom. The number of hydrogen-bond donors (Lipinski definition) is 1. The average molecular weight is 324 g/mol. The third-order valence-electron chi connectivity index (χ3n) is 3.27. The number of carbonyl (C=O) groups excluding carboxylic acids is 3. The molecular weight excluding hydrogens is 306 g/mol. The van der Waals surface area contributed by atoms with Crippen LogP contribution >= 0.6 is 0 Å². The second kappa shape index (κ2) is 6.15. The number of esters is 3. The quantitative estimate of drug-likeness (QED) is 0.598. The van der Waals surface area contributed by atoms with E-state index < -0.39 is 54.2 Å². The molecule has 0 aromatic rings. The molecule has 0 amide bonds. The maximum Gasteiger partial charge on any atom is 0.303 e. The summed E-state index contributed by atoms with van der Waals surface area (Å²) in [7, 11) is 0. The lowest BCUT2D eigenvalue weighted by molar-refractivity contribution is -0.281.